The van der Waals surface area contributed by atoms with Gasteiger partial charge in [0.1, 0.15) is 0 Å². The summed E-state index contributed by atoms with van der Waals surface area (Å²) in [5, 5.41) is 3.01. The normalized spacial score (nSPS) is 11.4. The molecule has 0 aliphatic carbocycles. The maximum atomic E-state index is 12.2. The van der Waals surface area contributed by atoms with Gasteiger partial charge in [-0.15, -0.1) is 11.6 Å². The van der Waals surface area contributed by atoms with Crippen LogP contribution in [0, 0.1) is 8.99 Å². The fourth-order valence-electron chi connectivity index (χ4n) is 1.72. The minimum Gasteiger partial charge on any atom is -0.351 e. The van der Waals surface area contributed by atoms with Gasteiger partial charge in [-0.25, -0.2) is 0 Å². The first-order valence-electron chi connectivity index (χ1n) is 6.15. The van der Waals surface area contributed by atoms with Gasteiger partial charge in [-0.05, 0) is 59.0 Å². The average Bonchev–Trinajstić information content (AvgIpc) is 2.36. The third-order valence-corrected chi connectivity index (χ3v) is 4.59. The minimum atomic E-state index is -0.0235. The van der Waals surface area contributed by atoms with Crippen LogP contribution in [0.4, 0.5) is 0 Å². The topological polar surface area (TPSA) is 29.1 Å². The first kappa shape index (κ1) is 17.2. The van der Waals surface area contributed by atoms with Crippen molar-refractivity contribution in [3.8, 4) is 0 Å². The highest BCUT2D eigenvalue weighted by Gasteiger charge is 2.19. The highest BCUT2D eigenvalue weighted by Crippen LogP contribution is 2.22. The van der Waals surface area contributed by atoms with Gasteiger partial charge in [-0.1, -0.05) is 29.8 Å². The summed E-state index contributed by atoms with van der Waals surface area (Å²) in [6.45, 7) is 4.95. The molecule has 0 saturated heterocycles. The molecule has 0 radical (unpaired) electrons. The molecule has 1 aromatic rings. The number of amides is 1. The molecule has 0 spiro atoms. The van der Waals surface area contributed by atoms with Crippen molar-refractivity contribution in [2.24, 2.45) is 5.41 Å². The van der Waals surface area contributed by atoms with Gasteiger partial charge in [0.2, 0.25) is 0 Å². The van der Waals surface area contributed by atoms with Crippen molar-refractivity contribution in [1.82, 2.24) is 5.32 Å². The fourth-order valence-corrected chi connectivity index (χ4v) is 2.80. The lowest BCUT2D eigenvalue weighted by Gasteiger charge is -2.24. The van der Waals surface area contributed by atoms with Crippen LogP contribution in [0.2, 0.25) is 0 Å². The second-order valence-corrected chi connectivity index (χ2v) is 7.72. The summed E-state index contributed by atoms with van der Waals surface area (Å²) in [6.07, 6.45) is 1.98. The van der Waals surface area contributed by atoms with Gasteiger partial charge in [-0.2, -0.15) is 0 Å². The van der Waals surface area contributed by atoms with Crippen LogP contribution in [0.1, 0.15) is 37.0 Å². The second kappa shape index (κ2) is 7.84. The molecule has 0 aliphatic heterocycles. The number of rotatable bonds is 6. The van der Waals surface area contributed by atoms with E-state index in [0.717, 1.165) is 20.9 Å². The van der Waals surface area contributed by atoms with E-state index in [0.29, 0.717) is 18.0 Å². The van der Waals surface area contributed by atoms with Crippen LogP contribution >= 0.6 is 50.1 Å². The Morgan fingerprint density at radius 2 is 2.16 bits per heavy atom. The zero-order valence-electron chi connectivity index (χ0n) is 11.1. The molecule has 1 aromatic carbocycles. The van der Waals surface area contributed by atoms with Crippen LogP contribution in [0.25, 0.3) is 0 Å². The summed E-state index contributed by atoms with van der Waals surface area (Å²) in [5.74, 6) is 0.644. The number of hydrogen-bond donors (Lipinski definition) is 1. The number of nitrogens with one attached hydrogen (secondary N) is 1. The SMILES string of the molecule is CC(C)(CCCCl)CNC(=O)c1cc(Br)ccc1I. The van der Waals surface area contributed by atoms with Gasteiger partial charge in [0.15, 0.2) is 0 Å². The van der Waals surface area contributed by atoms with Gasteiger partial charge >= 0.3 is 0 Å². The Bertz CT molecular complexity index is 451. The van der Waals surface area contributed by atoms with Crippen molar-refractivity contribution in [1.29, 1.82) is 0 Å². The van der Waals surface area contributed by atoms with Crippen LogP contribution in [0.15, 0.2) is 22.7 Å². The Hall–Kier alpha value is 0.190. The molecule has 0 atom stereocenters. The van der Waals surface area contributed by atoms with Gasteiger partial charge in [0, 0.05) is 20.5 Å². The molecule has 0 heterocycles. The van der Waals surface area contributed by atoms with Crippen LogP contribution in [-0.2, 0) is 0 Å². The maximum absolute atomic E-state index is 12.2. The van der Waals surface area contributed by atoms with Crippen LogP contribution in [0.5, 0.6) is 0 Å². The molecule has 5 heteroatoms. The molecular formula is C14H18BrClINO. The largest absolute Gasteiger partial charge is 0.351 e. The lowest BCUT2D eigenvalue weighted by atomic mass is 9.88. The zero-order chi connectivity index (χ0) is 14.5. The summed E-state index contributed by atoms with van der Waals surface area (Å²) in [7, 11) is 0. The standard InChI is InChI=1S/C14H18BrClINO/c1-14(2,6-3-7-16)9-18-13(19)11-8-10(15)4-5-12(11)17/h4-5,8H,3,6-7,9H2,1-2H3,(H,18,19). The summed E-state index contributed by atoms with van der Waals surface area (Å²) in [6, 6.07) is 5.71. The molecule has 1 rings (SSSR count). The van der Waals surface area contributed by atoms with Crippen molar-refractivity contribution < 1.29 is 4.79 Å². The molecule has 0 aromatic heterocycles. The molecule has 0 bridgehead atoms. The van der Waals surface area contributed by atoms with Crippen molar-refractivity contribution in [2.75, 3.05) is 12.4 Å². The zero-order valence-corrected chi connectivity index (χ0v) is 15.6. The van der Waals surface area contributed by atoms with E-state index in [1.807, 2.05) is 18.2 Å². The molecular weight excluding hydrogens is 440 g/mol. The molecule has 0 aliphatic rings. The molecule has 0 fully saturated rings. The summed E-state index contributed by atoms with van der Waals surface area (Å²) < 4.78 is 1.87. The number of carbonyl (C=O) groups is 1. The summed E-state index contributed by atoms with van der Waals surface area (Å²) >= 11 is 11.3. The molecule has 106 valence electrons. The van der Waals surface area contributed by atoms with Crippen molar-refractivity contribution in [3.05, 3.63) is 31.8 Å². The number of benzene rings is 1. The molecule has 1 amide bonds. The van der Waals surface area contributed by atoms with Gasteiger partial charge in [-0.3, -0.25) is 4.79 Å². The second-order valence-electron chi connectivity index (χ2n) is 5.26. The molecule has 1 N–H and O–H groups in total. The van der Waals surface area contributed by atoms with Crippen molar-refractivity contribution in [3.63, 3.8) is 0 Å². The number of carbonyl (C=O) groups excluding carboxylic acids is 1. The molecule has 0 unspecified atom stereocenters. The van der Waals surface area contributed by atoms with E-state index in [2.05, 4.69) is 57.7 Å². The quantitative estimate of drug-likeness (QED) is 0.480. The molecule has 0 saturated carbocycles. The van der Waals surface area contributed by atoms with Gasteiger partial charge in [0.05, 0.1) is 5.56 Å². The van der Waals surface area contributed by atoms with E-state index in [4.69, 9.17) is 11.6 Å². The number of alkyl halides is 1. The first-order valence-corrected chi connectivity index (χ1v) is 8.55. The van der Waals surface area contributed by atoms with Crippen molar-refractivity contribution in [2.45, 2.75) is 26.7 Å². The third kappa shape index (κ3) is 6.00. The fraction of sp³-hybridized carbons (Fsp3) is 0.500. The van der Waals surface area contributed by atoms with Crippen molar-refractivity contribution >= 4 is 56.0 Å². The van der Waals surface area contributed by atoms with Crippen LogP contribution in [0.3, 0.4) is 0 Å². The van der Waals surface area contributed by atoms with Crippen LogP contribution in [-0.4, -0.2) is 18.3 Å². The Morgan fingerprint density at radius 1 is 1.47 bits per heavy atom. The summed E-state index contributed by atoms with van der Waals surface area (Å²) in [5.41, 5.74) is 0.783. The lowest BCUT2D eigenvalue weighted by molar-refractivity contribution is 0.0933. The van der Waals surface area contributed by atoms with Gasteiger partial charge in [0.25, 0.3) is 5.91 Å². The number of halogens is 3. The molecule has 2 nitrogen and oxygen atoms in total. The lowest BCUT2D eigenvalue weighted by Crippen LogP contribution is -2.34. The van der Waals surface area contributed by atoms with E-state index >= 15 is 0 Å². The van der Waals surface area contributed by atoms with Gasteiger partial charge < -0.3 is 5.32 Å². The Morgan fingerprint density at radius 3 is 2.79 bits per heavy atom. The third-order valence-electron chi connectivity index (χ3n) is 2.89. The minimum absolute atomic E-state index is 0.0235. The van der Waals surface area contributed by atoms with E-state index in [9.17, 15) is 4.79 Å². The smallest absolute Gasteiger partial charge is 0.252 e. The monoisotopic (exact) mass is 457 g/mol. The average molecular weight is 459 g/mol. The highest BCUT2D eigenvalue weighted by molar-refractivity contribution is 14.1. The maximum Gasteiger partial charge on any atom is 0.252 e. The Balaban J connectivity index is 2.62. The summed E-state index contributed by atoms with van der Waals surface area (Å²) in [4.78, 5) is 12.2. The highest BCUT2D eigenvalue weighted by atomic mass is 127. The van der Waals surface area contributed by atoms with Crippen LogP contribution < -0.4 is 5.32 Å². The Kier molecular flexibility index (Phi) is 7.11. The Labute approximate surface area is 141 Å². The predicted octanol–water partition coefficient (Wildman–Crippen LogP) is 4.83. The van der Waals surface area contributed by atoms with E-state index in [-0.39, 0.29) is 11.3 Å². The van der Waals surface area contributed by atoms with E-state index < -0.39 is 0 Å². The molecule has 19 heavy (non-hydrogen) atoms. The van der Waals surface area contributed by atoms with E-state index in [1.54, 1.807) is 0 Å². The van der Waals surface area contributed by atoms with E-state index in [1.165, 1.54) is 0 Å². The predicted molar refractivity (Wildman–Crippen MR) is 92.9 cm³/mol. The number of hydrogen-bond acceptors (Lipinski definition) is 1. The first-order chi connectivity index (χ1) is 8.85.